The zero-order valence-corrected chi connectivity index (χ0v) is 20.7. The van der Waals surface area contributed by atoms with Crippen LogP contribution in [0.5, 0.6) is 0 Å². The van der Waals surface area contributed by atoms with Gasteiger partial charge in [-0.3, -0.25) is 4.57 Å². The van der Waals surface area contributed by atoms with E-state index in [1.54, 1.807) is 13.8 Å². The number of methoxy groups -OCH3 is 1. The van der Waals surface area contributed by atoms with Crippen molar-refractivity contribution in [3.8, 4) is 0 Å². The van der Waals surface area contributed by atoms with Crippen LogP contribution in [0.15, 0.2) is 28.7 Å². The van der Waals surface area contributed by atoms with Gasteiger partial charge in [0.1, 0.15) is 12.3 Å². The molecule has 1 aromatic carbocycles. The van der Waals surface area contributed by atoms with Crippen LogP contribution in [0.4, 0.5) is 4.79 Å². The minimum absolute atomic E-state index is 0.107. The topological polar surface area (TPSA) is 94.2 Å². The fourth-order valence-corrected chi connectivity index (χ4v) is 4.75. The highest BCUT2D eigenvalue weighted by atomic mass is 79.9. The van der Waals surface area contributed by atoms with Gasteiger partial charge in [0, 0.05) is 17.4 Å². The van der Waals surface area contributed by atoms with Crippen molar-refractivity contribution < 1.29 is 27.9 Å². The Hall–Kier alpha value is -1.41. The Labute approximate surface area is 187 Å². The molecule has 1 atom stereocenters. The first kappa shape index (κ1) is 26.6. The molecule has 0 aliphatic heterocycles. The maximum atomic E-state index is 13.0. The van der Waals surface area contributed by atoms with Crippen LogP contribution in [0.1, 0.15) is 33.3 Å². The minimum atomic E-state index is -3.49. The minimum Gasteiger partial charge on any atom is -0.467 e. The number of rotatable bonds is 12. The molecule has 1 rings (SSSR count). The Kier molecular flexibility index (Phi) is 11.6. The number of urea groups is 1. The molecule has 1 aromatic rings. The van der Waals surface area contributed by atoms with Crippen LogP contribution in [-0.2, 0) is 29.6 Å². The number of carbonyl (C=O) groups excluding carboxylic acids is 2. The smallest absolute Gasteiger partial charge is 0.349 e. The van der Waals surface area contributed by atoms with Crippen molar-refractivity contribution in [2.45, 2.75) is 40.2 Å². The summed E-state index contributed by atoms with van der Waals surface area (Å²) in [6.45, 7) is 8.01. The van der Waals surface area contributed by atoms with Crippen LogP contribution in [0, 0.1) is 5.92 Å². The number of nitrogens with zero attached hydrogens (tertiary/aromatic N) is 1. The fourth-order valence-electron chi connectivity index (χ4n) is 2.80. The summed E-state index contributed by atoms with van der Waals surface area (Å²) in [7, 11) is -2.22. The molecule has 0 aliphatic carbocycles. The van der Waals surface area contributed by atoms with Crippen molar-refractivity contribution in [2.24, 2.45) is 5.92 Å². The lowest BCUT2D eigenvalue weighted by atomic mass is 10.1. The van der Waals surface area contributed by atoms with E-state index in [1.807, 2.05) is 38.1 Å². The molecule has 1 N–H and O–H groups in total. The van der Waals surface area contributed by atoms with Gasteiger partial charge < -0.3 is 24.0 Å². The number of amides is 2. The van der Waals surface area contributed by atoms with Gasteiger partial charge >= 0.3 is 19.6 Å². The Morgan fingerprint density at radius 1 is 1.13 bits per heavy atom. The third-order valence-electron chi connectivity index (χ3n) is 4.00. The first-order chi connectivity index (χ1) is 14.1. The molecule has 0 radical (unpaired) electrons. The highest BCUT2D eigenvalue weighted by Gasteiger charge is 2.32. The van der Waals surface area contributed by atoms with E-state index >= 15 is 0 Å². The molecule has 0 fully saturated rings. The van der Waals surface area contributed by atoms with Crippen molar-refractivity contribution in [3.05, 3.63) is 34.3 Å². The molecule has 8 nitrogen and oxygen atoms in total. The van der Waals surface area contributed by atoms with Gasteiger partial charge in [-0.2, -0.15) is 0 Å². The molecular weight excluding hydrogens is 475 g/mol. The van der Waals surface area contributed by atoms with Gasteiger partial charge in [0.15, 0.2) is 0 Å². The Bertz CT molecular complexity index is 719. The number of halogens is 1. The molecule has 0 saturated carbocycles. The van der Waals surface area contributed by atoms with Gasteiger partial charge in [-0.05, 0) is 37.5 Å². The normalized spacial score (nSPS) is 12.5. The maximum absolute atomic E-state index is 13.0. The molecule has 0 aliphatic rings. The molecule has 0 spiro atoms. The summed E-state index contributed by atoms with van der Waals surface area (Å²) < 4.78 is 29.4. The van der Waals surface area contributed by atoms with E-state index in [9.17, 15) is 14.2 Å². The molecule has 0 saturated heterocycles. The summed E-state index contributed by atoms with van der Waals surface area (Å²) in [6.07, 6.45) is 0.0562. The number of nitrogens with one attached hydrogen (secondary N) is 1. The summed E-state index contributed by atoms with van der Waals surface area (Å²) in [5, 5.41) is 2.71. The summed E-state index contributed by atoms with van der Waals surface area (Å²) in [4.78, 5) is 26.7. The van der Waals surface area contributed by atoms with Gasteiger partial charge in [-0.1, -0.05) is 41.9 Å². The quantitative estimate of drug-likeness (QED) is 0.333. The van der Waals surface area contributed by atoms with E-state index in [1.165, 1.54) is 12.0 Å². The predicted octanol–water partition coefficient (Wildman–Crippen LogP) is 4.42. The van der Waals surface area contributed by atoms with Crippen molar-refractivity contribution in [1.29, 1.82) is 0 Å². The standard InChI is InChI=1S/C20H32BrN2O6P/c1-6-28-30(26,29-7-2)14-23(13-15(3)4)20(25)22-18(19(24)27-5)12-16-8-10-17(21)11-9-16/h8-11,15,18H,6-7,12-14H2,1-5H3,(H,22,25)/t18-/m0/s1. The molecule has 0 aromatic heterocycles. The Morgan fingerprint density at radius 3 is 2.17 bits per heavy atom. The van der Waals surface area contributed by atoms with Crippen LogP contribution < -0.4 is 5.32 Å². The number of esters is 1. The average molecular weight is 507 g/mol. The van der Waals surface area contributed by atoms with Crippen LogP contribution in [0.3, 0.4) is 0 Å². The lowest BCUT2D eigenvalue weighted by Gasteiger charge is -2.29. The highest BCUT2D eigenvalue weighted by Crippen LogP contribution is 2.48. The van der Waals surface area contributed by atoms with E-state index in [0.717, 1.165) is 10.0 Å². The first-order valence-corrected chi connectivity index (χ1v) is 12.4. The second-order valence-corrected chi connectivity index (χ2v) is 10.00. The first-order valence-electron chi connectivity index (χ1n) is 9.89. The molecule has 0 bridgehead atoms. The van der Waals surface area contributed by atoms with Crippen LogP contribution in [0.2, 0.25) is 0 Å². The number of ether oxygens (including phenoxy) is 1. The number of hydrogen-bond acceptors (Lipinski definition) is 6. The zero-order chi connectivity index (χ0) is 22.7. The Balaban J connectivity index is 3.02. The van der Waals surface area contributed by atoms with Crippen molar-refractivity contribution in [3.63, 3.8) is 0 Å². The largest absolute Gasteiger partial charge is 0.467 e. The lowest BCUT2D eigenvalue weighted by Crippen LogP contribution is -2.50. The molecule has 2 amide bonds. The number of hydrogen-bond donors (Lipinski definition) is 1. The number of benzene rings is 1. The molecule has 0 unspecified atom stereocenters. The van der Waals surface area contributed by atoms with Crippen LogP contribution >= 0.6 is 23.5 Å². The molecule has 30 heavy (non-hydrogen) atoms. The van der Waals surface area contributed by atoms with E-state index < -0.39 is 25.6 Å². The SMILES string of the molecule is CCOP(=O)(CN(CC(C)C)C(=O)N[C@@H](Cc1ccc(Br)cc1)C(=O)OC)OCC. The summed E-state index contributed by atoms with van der Waals surface area (Å²) in [6, 6.07) is 6.01. The highest BCUT2D eigenvalue weighted by molar-refractivity contribution is 9.10. The fraction of sp³-hybridized carbons (Fsp3) is 0.600. The second-order valence-electron chi connectivity index (χ2n) is 7.06. The van der Waals surface area contributed by atoms with E-state index in [4.69, 9.17) is 13.8 Å². The van der Waals surface area contributed by atoms with Crippen LogP contribution in [-0.4, -0.2) is 56.1 Å². The predicted molar refractivity (Wildman–Crippen MR) is 119 cm³/mol. The van der Waals surface area contributed by atoms with Gasteiger partial charge in [0.25, 0.3) is 0 Å². The van der Waals surface area contributed by atoms with E-state index in [2.05, 4.69) is 21.2 Å². The van der Waals surface area contributed by atoms with Crippen molar-refractivity contribution >= 4 is 35.5 Å². The third kappa shape index (κ3) is 9.16. The number of carbonyl (C=O) groups is 2. The van der Waals surface area contributed by atoms with E-state index in [0.29, 0.717) is 6.54 Å². The van der Waals surface area contributed by atoms with Gasteiger partial charge in [-0.25, -0.2) is 9.59 Å². The van der Waals surface area contributed by atoms with Crippen molar-refractivity contribution in [2.75, 3.05) is 33.2 Å². The summed E-state index contributed by atoms with van der Waals surface area (Å²) in [5.41, 5.74) is 0.860. The summed E-state index contributed by atoms with van der Waals surface area (Å²) >= 11 is 3.37. The van der Waals surface area contributed by atoms with Gasteiger partial charge in [0.2, 0.25) is 0 Å². The maximum Gasteiger partial charge on any atom is 0.349 e. The van der Waals surface area contributed by atoms with Crippen LogP contribution in [0.25, 0.3) is 0 Å². The zero-order valence-electron chi connectivity index (χ0n) is 18.2. The summed E-state index contributed by atoms with van der Waals surface area (Å²) in [5.74, 6) is -0.455. The van der Waals surface area contributed by atoms with Gasteiger partial charge in [-0.15, -0.1) is 0 Å². The molecular formula is C20H32BrN2O6P. The molecule has 170 valence electrons. The molecule has 0 heterocycles. The lowest BCUT2D eigenvalue weighted by molar-refractivity contribution is -0.142. The van der Waals surface area contributed by atoms with Gasteiger partial charge in [0.05, 0.1) is 20.3 Å². The van der Waals surface area contributed by atoms with E-state index in [-0.39, 0.29) is 31.8 Å². The second kappa shape index (κ2) is 13.1. The monoisotopic (exact) mass is 506 g/mol. The third-order valence-corrected chi connectivity index (χ3v) is 6.52. The Morgan fingerprint density at radius 2 is 1.70 bits per heavy atom. The molecule has 10 heteroatoms. The van der Waals surface area contributed by atoms with Crippen molar-refractivity contribution in [1.82, 2.24) is 10.2 Å². The average Bonchev–Trinajstić information content (AvgIpc) is 2.67.